The molecule has 0 atom stereocenters. The molecule has 0 fully saturated rings. The second-order valence-electron chi connectivity index (χ2n) is 7.20. The second kappa shape index (κ2) is 13.4. The Hall–Kier alpha value is -1.84. The van der Waals surface area contributed by atoms with Crippen LogP contribution >= 0.6 is 0 Å². The third-order valence-corrected chi connectivity index (χ3v) is 4.19. The van der Waals surface area contributed by atoms with Crippen molar-refractivity contribution in [2.24, 2.45) is 5.92 Å². The van der Waals surface area contributed by atoms with Crippen molar-refractivity contribution < 1.29 is 19.1 Å². The van der Waals surface area contributed by atoms with Gasteiger partial charge in [-0.05, 0) is 30.9 Å². The molecule has 0 amide bonds. The molecular weight excluding hydrogens is 328 g/mol. The van der Waals surface area contributed by atoms with E-state index < -0.39 is 0 Å². The van der Waals surface area contributed by atoms with Gasteiger partial charge in [-0.25, -0.2) is 0 Å². The zero-order valence-electron chi connectivity index (χ0n) is 16.6. The van der Waals surface area contributed by atoms with Crippen molar-refractivity contribution in [2.75, 3.05) is 0 Å². The SMILES string of the molecule is CCCCCCCCC(=O)Oc1ccccc1OC(=O)CCCC(C)C. The molecule has 4 heteroatoms. The average Bonchev–Trinajstić information content (AvgIpc) is 2.59. The topological polar surface area (TPSA) is 52.6 Å². The summed E-state index contributed by atoms with van der Waals surface area (Å²) in [5, 5.41) is 0. The van der Waals surface area contributed by atoms with Crippen LogP contribution in [-0.4, -0.2) is 11.9 Å². The first-order valence-electron chi connectivity index (χ1n) is 10.0. The first-order chi connectivity index (χ1) is 12.5. The Labute approximate surface area is 158 Å². The molecule has 26 heavy (non-hydrogen) atoms. The number of ether oxygens (including phenoxy) is 2. The molecule has 1 rings (SSSR count). The van der Waals surface area contributed by atoms with Gasteiger partial charge in [-0.15, -0.1) is 0 Å². The van der Waals surface area contributed by atoms with Crippen LogP contribution in [0.2, 0.25) is 0 Å². The van der Waals surface area contributed by atoms with Crippen LogP contribution in [0, 0.1) is 5.92 Å². The van der Waals surface area contributed by atoms with Gasteiger partial charge in [0.2, 0.25) is 0 Å². The number of esters is 2. The molecule has 146 valence electrons. The minimum atomic E-state index is -0.287. The zero-order valence-corrected chi connectivity index (χ0v) is 16.6. The van der Waals surface area contributed by atoms with Crippen molar-refractivity contribution in [1.29, 1.82) is 0 Å². The van der Waals surface area contributed by atoms with Crippen LogP contribution in [0.3, 0.4) is 0 Å². The van der Waals surface area contributed by atoms with Crippen LogP contribution in [0.4, 0.5) is 0 Å². The van der Waals surface area contributed by atoms with Crippen molar-refractivity contribution >= 4 is 11.9 Å². The Morgan fingerprint density at radius 3 is 1.85 bits per heavy atom. The molecule has 0 aliphatic heterocycles. The number of unbranched alkanes of at least 4 members (excludes halogenated alkanes) is 5. The molecule has 1 aromatic carbocycles. The fraction of sp³-hybridized carbons (Fsp3) is 0.636. The largest absolute Gasteiger partial charge is 0.423 e. The van der Waals surface area contributed by atoms with Gasteiger partial charge in [-0.2, -0.15) is 0 Å². The highest BCUT2D eigenvalue weighted by atomic mass is 16.6. The summed E-state index contributed by atoms with van der Waals surface area (Å²) >= 11 is 0. The Balaban J connectivity index is 2.40. The van der Waals surface area contributed by atoms with E-state index in [0.717, 1.165) is 32.1 Å². The maximum absolute atomic E-state index is 12.0. The summed E-state index contributed by atoms with van der Waals surface area (Å²) in [5.74, 6) is 0.644. The predicted molar refractivity (Wildman–Crippen MR) is 104 cm³/mol. The average molecular weight is 363 g/mol. The fourth-order valence-corrected chi connectivity index (χ4v) is 2.67. The predicted octanol–water partition coefficient (Wildman–Crippen LogP) is 6.07. The molecule has 0 heterocycles. The van der Waals surface area contributed by atoms with Gasteiger partial charge >= 0.3 is 11.9 Å². The smallest absolute Gasteiger partial charge is 0.311 e. The maximum Gasteiger partial charge on any atom is 0.311 e. The summed E-state index contributed by atoms with van der Waals surface area (Å²) in [6, 6.07) is 6.86. The van der Waals surface area contributed by atoms with Gasteiger partial charge in [-0.3, -0.25) is 9.59 Å². The molecule has 0 saturated heterocycles. The summed E-state index contributed by atoms with van der Waals surface area (Å²) in [6.45, 7) is 6.44. The van der Waals surface area contributed by atoms with Crippen LogP contribution in [0.15, 0.2) is 24.3 Å². The highest BCUT2D eigenvalue weighted by Gasteiger charge is 2.13. The van der Waals surface area contributed by atoms with Gasteiger partial charge in [-0.1, -0.05) is 71.4 Å². The summed E-state index contributed by atoms with van der Waals surface area (Å²) in [5.41, 5.74) is 0. The highest BCUT2D eigenvalue weighted by molar-refractivity contribution is 5.76. The quantitative estimate of drug-likeness (QED) is 0.243. The third kappa shape index (κ3) is 10.2. The standard InChI is InChI=1S/C22H34O4/c1-4-5-6-7-8-9-16-21(23)25-19-14-10-11-15-20(19)26-22(24)17-12-13-18(2)3/h10-11,14-15,18H,4-9,12-13,16-17H2,1-3H3. The van der Waals surface area contributed by atoms with E-state index in [1.807, 2.05) is 0 Å². The van der Waals surface area contributed by atoms with Crippen LogP contribution in [0.1, 0.15) is 85.0 Å². The van der Waals surface area contributed by atoms with E-state index in [-0.39, 0.29) is 11.9 Å². The van der Waals surface area contributed by atoms with Gasteiger partial charge in [0.1, 0.15) is 0 Å². The van der Waals surface area contributed by atoms with E-state index in [2.05, 4.69) is 20.8 Å². The van der Waals surface area contributed by atoms with Gasteiger partial charge < -0.3 is 9.47 Å². The number of carbonyl (C=O) groups is 2. The molecule has 1 aromatic rings. The van der Waals surface area contributed by atoms with Crippen molar-refractivity contribution in [3.63, 3.8) is 0 Å². The summed E-state index contributed by atoms with van der Waals surface area (Å²) in [6.07, 6.45) is 9.28. The number of carbonyl (C=O) groups excluding carboxylic acids is 2. The first kappa shape index (κ1) is 22.2. The number of hydrogen-bond acceptors (Lipinski definition) is 4. The van der Waals surface area contributed by atoms with Gasteiger partial charge in [0.05, 0.1) is 0 Å². The van der Waals surface area contributed by atoms with Crippen molar-refractivity contribution in [1.82, 2.24) is 0 Å². The Kier molecular flexibility index (Phi) is 11.4. The lowest BCUT2D eigenvalue weighted by Gasteiger charge is -2.10. The highest BCUT2D eigenvalue weighted by Crippen LogP contribution is 2.27. The zero-order chi connectivity index (χ0) is 19.2. The Morgan fingerprint density at radius 2 is 1.31 bits per heavy atom. The maximum atomic E-state index is 12.0. The minimum absolute atomic E-state index is 0.274. The summed E-state index contributed by atoms with van der Waals surface area (Å²) in [4.78, 5) is 24.0. The Bertz CT molecular complexity index is 537. The third-order valence-electron chi connectivity index (χ3n) is 4.19. The van der Waals surface area contributed by atoms with E-state index in [0.29, 0.717) is 30.3 Å². The molecule has 0 bridgehead atoms. The second-order valence-corrected chi connectivity index (χ2v) is 7.20. The first-order valence-corrected chi connectivity index (χ1v) is 10.0. The number of benzene rings is 1. The van der Waals surface area contributed by atoms with Crippen molar-refractivity contribution in [3.8, 4) is 11.5 Å². The van der Waals surface area contributed by atoms with E-state index in [1.165, 1.54) is 19.3 Å². The summed E-state index contributed by atoms with van der Waals surface area (Å²) in [7, 11) is 0. The summed E-state index contributed by atoms with van der Waals surface area (Å²) < 4.78 is 10.8. The van der Waals surface area contributed by atoms with Gasteiger partial charge in [0, 0.05) is 12.8 Å². The van der Waals surface area contributed by atoms with E-state index >= 15 is 0 Å². The number of hydrogen-bond donors (Lipinski definition) is 0. The number of para-hydroxylation sites is 2. The molecule has 0 saturated carbocycles. The van der Waals surface area contributed by atoms with Crippen molar-refractivity contribution in [2.45, 2.75) is 85.0 Å². The molecule has 0 aliphatic carbocycles. The van der Waals surface area contributed by atoms with Crippen molar-refractivity contribution in [3.05, 3.63) is 24.3 Å². The molecule has 4 nitrogen and oxygen atoms in total. The van der Waals surface area contributed by atoms with Gasteiger partial charge in [0.25, 0.3) is 0 Å². The lowest BCUT2D eigenvalue weighted by Crippen LogP contribution is -2.12. The van der Waals surface area contributed by atoms with Crippen LogP contribution in [0.25, 0.3) is 0 Å². The molecule has 0 spiro atoms. The van der Waals surface area contributed by atoms with Crippen LogP contribution in [0.5, 0.6) is 11.5 Å². The van der Waals surface area contributed by atoms with E-state index in [4.69, 9.17) is 9.47 Å². The van der Waals surface area contributed by atoms with E-state index in [9.17, 15) is 9.59 Å². The molecular formula is C22H34O4. The molecule has 0 unspecified atom stereocenters. The molecule has 0 N–H and O–H groups in total. The van der Waals surface area contributed by atoms with Crippen LogP contribution in [-0.2, 0) is 9.59 Å². The van der Waals surface area contributed by atoms with Crippen LogP contribution < -0.4 is 9.47 Å². The fourth-order valence-electron chi connectivity index (χ4n) is 2.67. The minimum Gasteiger partial charge on any atom is -0.423 e. The lowest BCUT2D eigenvalue weighted by atomic mass is 10.1. The van der Waals surface area contributed by atoms with E-state index in [1.54, 1.807) is 24.3 Å². The Morgan fingerprint density at radius 1 is 0.808 bits per heavy atom. The lowest BCUT2D eigenvalue weighted by molar-refractivity contribution is -0.137. The molecule has 0 aromatic heterocycles. The molecule has 0 aliphatic rings. The normalized spacial score (nSPS) is 10.8. The number of rotatable bonds is 13. The van der Waals surface area contributed by atoms with Gasteiger partial charge in [0.15, 0.2) is 11.5 Å². The monoisotopic (exact) mass is 362 g/mol. The molecule has 0 radical (unpaired) electrons.